The topological polar surface area (TPSA) is 82.4 Å². The normalized spacial score (nSPS) is 16.4. The van der Waals surface area contributed by atoms with E-state index in [0.717, 1.165) is 37.2 Å². The van der Waals surface area contributed by atoms with Crippen LogP contribution in [0.5, 0.6) is 5.75 Å². The fraction of sp³-hybridized carbons (Fsp3) is 0.476. The molecule has 1 heterocycles. The van der Waals surface area contributed by atoms with Crippen molar-refractivity contribution < 1.29 is 14.3 Å². The van der Waals surface area contributed by atoms with Crippen LogP contribution in [0.1, 0.15) is 44.6 Å². The highest BCUT2D eigenvalue weighted by Gasteiger charge is 2.30. The van der Waals surface area contributed by atoms with Gasteiger partial charge in [-0.2, -0.15) is 5.26 Å². The Hall–Kier alpha value is -2.46. The summed E-state index contributed by atoms with van der Waals surface area (Å²) in [4.78, 5) is 26.6. The predicted molar refractivity (Wildman–Crippen MR) is 111 cm³/mol. The first-order valence-corrected chi connectivity index (χ1v) is 10.5. The summed E-state index contributed by atoms with van der Waals surface area (Å²) in [5.41, 5.74) is 1.38. The van der Waals surface area contributed by atoms with Crippen molar-refractivity contribution in [3.05, 3.63) is 40.4 Å². The second-order valence-electron chi connectivity index (χ2n) is 6.60. The first-order valence-electron chi connectivity index (χ1n) is 9.52. The molecule has 0 aliphatic carbocycles. The zero-order valence-corrected chi connectivity index (χ0v) is 17.5. The van der Waals surface area contributed by atoms with Crippen molar-refractivity contribution >= 4 is 23.6 Å². The van der Waals surface area contributed by atoms with E-state index >= 15 is 0 Å². The van der Waals surface area contributed by atoms with Crippen LogP contribution in [0.4, 0.5) is 0 Å². The number of rotatable bonds is 9. The van der Waals surface area contributed by atoms with Crippen molar-refractivity contribution in [2.24, 2.45) is 0 Å². The highest BCUT2D eigenvalue weighted by atomic mass is 32.2. The number of methoxy groups -OCH3 is 1. The van der Waals surface area contributed by atoms with Gasteiger partial charge in [0.25, 0.3) is 0 Å². The minimum absolute atomic E-state index is 0.0271. The Balaban J connectivity index is 2.20. The zero-order valence-electron chi connectivity index (χ0n) is 16.7. The van der Waals surface area contributed by atoms with Crippen LogP contribution in [0, 0.1) is 11.3 Å². The number of nitrogens with zero attached hydrogens (tertiary/aromatic N) is 2. The Bertz CT molecular complexity index is 762. The molecule has 2 rings (SSSR count). The van der Waals surface area contributed by atoms with Crippen LogP contribution >= 0.6 is 11.8 Å². The molecule has 6 nitrogen and oxygen atoms in total. The van der Waals surface area contributed by atoms with E-state index in [1.807, 2.05) is 43.0 Å². The predicted octanol–water partition coefficient (Wildman–Crippen LogP) is 3.42. The van der Waals surface area contributed by atoms with Gasteiger partial charge in [0, 0.05) is 25.4 Å². The van der Waals surface area contributed by atoms with Gasteiger partial charge in [-0.15, -0.1) is 0 Å². The fourth-order valence-electron chi connectivity index (χ4n) is 3.18. The van der Waals surface area contributed by atoms with Gasteiger partial charge >= 0.3 is 0 Å². The first-order chi connectivity index (χ1) is 13.5. The second kappa shape index (κ2) is 10.8. The number of benzene rings is 1. The SMILES string of the molecule is CCCN(CCC)C(=O)CSC1=C(C#N)[C@H](c2ccc(OC)cc2)CC(=O)N1. The van der Waals surface area contributed by atoms with Gasteiger partial charge in [-0.05, 0) is 30.5 Å². The van der Waals surface area contributed by atoms with Crippen molar-refractivity contribution in [3.8, 4) is 11.8 Å². The van der Waals surface area contributed by atoms with E-state index in [0.29, 0.717) is 10.6 Å². The maximum Gasteiger partial charge on any atom is 0.232 e. The standard InChI is InChI=1S/C21H27N3O3S/c1-4-10-24(11-5-2)20(26)14-28-21-18(13-22)17(12-19(25)23-21)15-6-8-16(27-3)9-7-15/h6-9,17H,4-5,10-12,14H2,1-3H3,(H,23,25)/t17-/m0/s1. The third-order valence-electron chi connectivity index (χ3n) is 4.55. The molecule has 0 bridgehead atoms. The molecule has 150 valence electrons. The van der Waals surface area contributed by atoms with Gasteiger partial charge in [0.1, 0.15) is 5.75 Å². The number of hydrogen-bond donors (Lipinski definition) is 1. The van der Waals surface area contributed by atoms with Gasteiger partial charge in [-0.25, -0.2) is 0 Å². The molecule has 0 saturated heterocycles. The number of ether oxygens (including phenoxy) is 1. The summed E-state index contributed by atoms with van der Waals surface area (Å²) in [5.74, 6) is 0.493. The highest BCUT2D eigenvalue weighted by Crippen LogP contribution is 2.36. The fourth-order valence-corrected chi connectivity index (χ4v) is 4.16. The molecule has 1 aromatic rings. The first kappa shape index (κ1) is 21.8. The molecule has 1 aromatic carbocycles. The molecule has 0 aromatic heterocycles. The summed E-state index contributed by atoms with van der Waals surface area (Å²) in [6, 6.07) is 9.63. The second-order valence-corrected chi connectivity index (χ2v) is 7.59. The minimum Gasteiger partial charge on any atom is -0.497 e. The summed E-state index contributed by atoms with van der Waals surface area (Å²) in [7, 11) is 1.59. The Morgan fingerprint density at radius 2 is 1.93 bits per heavy atom. The Morgan fingerprint density at radius 1 is 1.29 bits per heavy atom. The highest BCUT2D eigenvalue weighted by molar-refractivity contribution is 8.03. The van der Waals surface area contributed by atoms with Gasteiger partial charge in [-0.3, -0.25) is 9.59 Å². The average molecular weight is 402 g/mol. The largest absolute Gasteiger partial charge is 0.497 e. The van der Waals surface area contributed by atoms with Gasteiger partial charge in [-0.1, -0.05) is 37.7 Å². The molecule has 1 N–H and O–H groups in total. The number of amides is 2. The van der Waals surface area contributed by atoms with E-state index in [9.17, 15) is 14.9 Å². The van der Waals surface area contributed by atoms with Crippen LogP contribution in [0.25, 0.3) is 0 Å². The summed E-state index contributed by atoms with van der Waals surface area (Å²) in [6.07, 6.45) is 2.02. The molecule has 0 fully saturated rings. The number of allylic oxidation sites excluding steroid dienone is 1. The number of nitriles is 1. The lowest BCUT2D eigenvalue weighted by molar-refractivity contribution is -0.128. The van der Waals surface area contributed by atoms with E-state index in [-0.39, 0.29) is 29.9 Å². The molecule has 1 aliphatic rings. The molecule has 7 heteroatoms. The molecule has 0 unspecified atom stereocenters. The van der Waals surface area contributed by atoms with E-state index in [4.69, 9.17) is 4.74 Å². The molecule has 2 amide bonds. The van der Waals surface area contributed by atoms with Gasteiger partial charge in [0.2, 0.25) is 11.8 Å². The number of carbonyl (C=O) groups excluding carboxylic acids is 2. The number of carbonyl (C=O) groups is 2. The van der Waals surface area contributed by atoms with Crippen molar-refractivity contribution in [1.29, 1.82) is 5.26 Å². The third-order valence-corrected chi connectivity index (χ3v) is 5.56. The Morgan fingerprint density at radius 3 is 2.46 bits per heavy atom. The van der Waals surface area contributed by atoms with E-state index in [2.05, 4.69) is 11.4 Å². The zero-order chi connectivity index (χ0) is 20.5. The number of hydrogen-bond acceptors (Lipinski definition) is 5. The van der Waals surface area contributed by atoms with E-state index < -0.39 is 0 Å². The van der Waals surface area contributed by atoms with Crippen LogP contribution in [-0.2, 0) is 9.59 Å². The van der Waals surface area contributed by atoms with Crippen molar-refractivity contribution in [2.75, 3.05) is 26.0 Å². The molecule has 0 radical (unpaired) electrons. The molecule has 1 aliphatic heterocycles. The average Bonchev–Trinajstić information content (AvgIpc) is 2.71. The van der Waals surface area contributed by atoms with Crippen molar-refractivity contribution in [2.45, 2.75) is 39.0 Å². The maximum atomic E-state index is 12.5. The third kappa shape index (κ3) is 5.52. The van der Waals surface area contributed by atoms with Crippen LogP contribution in [0.15, 0.2) is 34.9 Å². The lowest BCUT2D eigenvalue weighted by Gasteiger charge is -2.26. The Labute approximate surface area is 170 Å². The van der Waals surface area contributed by atoms with Gasteiger partial charge < -0.3 is 15.0 Å². The van der Waals surface area contributed by atoms with E-state index in [1.54, 1.807) is 7.11 Å². The van der Waals surface area contributed by atoms with Crippen molar-refractivity contribution in [3.63, 3.8) is 0 Å². The maximum absolute atomic E-state index is 12.5. The molecular formula is C21H27N3O3S. The smallest absolute Gasteiger partial charge is 0.232 e. The monoisotopic (exact) mass is 401 g/mol. The van der Waals surface area contributed by atoms with Crippen LogP contribution in [0.3, 0.4) is 0 Å². The molecule has 0 saturated carbocycles. The van der Waals surface area contributed by atoms with Gasteiger partial charge in [0.05, 0.1) is 29.5 Å². The number of thioether (sulfide) groups is 1. The van der Waals surface area contributed by atoms with E-state index in [1.165, 1.54) is 11.8 Å². The number of nitrogens with one attached hydrogen (secondary N) is 1. The lowest BCUT2D eigenvalue weighted by Crippen LogP contribution is -2.35. The molecular weight excluding hydrogens is 374 g/mol. The van der Waals surface area contributed by atoms with Gasteiger partial charge in [0.15, 0.2) is 0 Å². The molecule has 1 atom stereocenters. The van der Waals surface area contributed by atoms with Crippen LogP contribution < -0.4 is 10.1 Å². The molecule has 0 spiro atoms. The quantitative estimate of drug-likeness (QED) is 0.686. The van der Waals surface area contributed by atoms with Crippen LogP contribution in [-0.4, -0.2) is 42.7 Å². The summed E-state index contributed by atoms with van der Waals surface area (Å²) < 4.78 is 5.18. The van der Waals surface area contributed by atoms with Crippen LogP contribution in [0.2, 0.25) is 0 Å². The molecule has 28 heavy (non-hydrogen) atoms. The lowest BCUT2D eigenvalue weighted by atomic mass is 9.87. The summed E-state index contributed by atoms with van der Waals surface area (Å²) >= 11 is 1.24. The van der Waals surface area contributed by atoms with Crippen molar-refractivity contribution in [1.82, 2.24) is 10.2 Å². The minimum atomic E-state index is -0.315. The summed E-state index contributed by atoms with van der Waals surface area (Å²) in [5, 5.41) is 13.0. The Kier molecular flexibility index (Phi) is 8.40. The summed E-state index contributed by atoms with van der Waals surface area (Å²) in [6.45, 7) is 5.52.